The van der Waals surface area contributed by atoms with E-state index in [2.05, 4.69) is 5.32 Å². The molecule has 2 aromatic rings. The Bertz CT molecular complexity index is 989. The van der Waals surface area contributed by atoms with Crippen LogP contribution in [-0.4, -0.2) is 23.4 Å². The van der Waals surface area contributed by atoms with E-state index in [4.69, 9.17) is 11.6 Å². The van der Waals surface area contributed by atoms with Crippen molar-refractivity contribution in [2.75, 3.05) is 6.54 Å². The summed E-state index contributed by atoms with van der Waals surface area (Å²) < 4.78 is 53.8. The number of halogens is 5. The minimum Gasteiger partial charge on any atom is -0.510 e. The minimum atomic E-state index is -4.20. The lowest BCUT2D eigenvalue weighted by Gasteiger charge is -2.38. The number of aliphatic hydroxyl groups excluding tert-OH is 1. The molecule has 1 aliphatic carbocycles. The number of nitrogens with one attached hydrogen (secondary N) is 1. The van der Waals surface area contributed by atoms with Crippen LogP contribution in [0.3, 0.4) is 0 Å². The predicted octanol–water partition coefficient (Wildman–Crippen LogP) is 6.82. The van der Waals surface area contributed by atoms with Crippen LogP contribution in [0.4, 0.5) is 17.6 Å². The van der Waals surface area contributed by atoms with Gasteiger partial charge >= 0.3 is 6.18 Å². The largest absolute Gasteiger partial charge is 0.510 e. The molecule has 1 spiro atoms. The van der Waals surface area contributed by atoms with Gasteiger partial charge < -0.3 is 10.4 Å². The van der Waals surface area contributed by atoms with Gasteiger partial charge in [-0.15, -0.1) is 0 Å². The average molecular weight is 440 g/mol. The summed E-state index contributed by atoms with van der Waals surface area (Å²) >= 11 is 5.93. The van der Waals surface area contributed by atoms with Gasteiger partial charge in [0.2, 0.25) is 0 Å². The number of hydrogen-bond acceptors (Lipinski definition) is 2. The Kier molecular flexibility index (Phi) is 5.35. The van der Waals surface area contributed by atoms with Crippen molar-refractivity contribution in [2.45, 2.75) is 44.3 Å². The second kappa shape index (κ2) is 7.57. The lowest BCUT2D eigenvalue weighted by Crippen LogP contribution is -2.47. The molecule has 7 heteroatoms. The van der Waals surface area contributed by atoms with E-state index < -0.39 is 17.6 Å². The maximum Gasteiger partial charge on any atom is 0.391 e. The van der Waals surface area contributed by atoms with Crippen molar-refractivity contribution in [1.29, 1.82) is 0 Å². The summed E-state index contributed by atoms with van der Waals surface area (Å²) in [5, 5.41) is 14.8. The van der Waals surface area contributed by atoms with Crippen molar-refractivity contribution in [1.82, 2.24) is 5.32 Å². The van der Waals surface area contributed by atoms with Crippen LogP contribution in [0.1, 0.15) is 36.8 Å². The molecular weight excluding hydrogens is 418 g/mol. The first-order chi connectivity index (χ1) is 14.1. The molecule has 0 bridgehead atoms. The highest BCUT2D eigenvalue weighted by Crippen LogP contribution is 2.47. The quantitative estimate of drug-likeness (QED) is 0.503. The zero-order valence-electron chi connectivity index (χ0n) is 16.4. The van der Waals surface area contributed by atoms with Crippen molar-refractivity contribution >= 4 is 17.2 Å². The zero-order valence-corrected chi connectivity index (χ0v) is 17.2. The molecular formula is C23H22ClF4NO. The fourth-order valence-electron chi connectivity index (χ4n) is 4.64. The van der Waals surface area contributed by atoms with Crippen molar-refractivity contribution in [3.63, 3.8) is 0 Å². The molecule has 1 saturated carbocycles. The van der Waals surface area contributed by atoms with E-state index in [-0.39, 0.29) is 37.3 Å². The van der Waals surface area contributed by atoms with Gasteiger partial charge in [0.05, 0.1) is 11.5 Å². The smallest absolute Gasteiger partial charge is 0.391 e. The van der Waals surface area contributed by atoms with Crippen LogP contribution in [-0.2, 0) is 0 Å². The van der Waals surface area contributed by atoms with E-state index in [9.17, 15) is 22.7 Å². The molecule has 2 aromatic carbocycles. The summed E-state index contributed by atoms with van der Waals surface area (Å²) in [4.78, 5) is 0. The topological polar surface area (TPSA) is 32.3 Å². The molecule has 4 rings (SSSR count). The Morgan fingerprint density at radius 3 is 2.30 bits per heavy atom. The highest BCUT2D eigenvalue weighted by molar-refractivity contribution is 6.30. The second-order valence-corrected chi connectivity index (χ2v) is 8.67. The fourth-order valence-corrected chi connectivity index (χ4v) is 4.76. The first-order valence-corrected chi connectivity index (χ1v) is 10.3. The maximum atomic E-state index is 14.7. The molecule has 2 nitrogen and oxygen atoms in total. The van der Waals surface area contributed by atoms with Gasteiger partial charge in [0.15, 0.2) is 0 Å². The van der Waals surface area contributed by atoms with E-state index in [0.29, 0.717) is 39.4 Å². The third-order valence-electron chi connectivity index (χ3n) is 6.44. The van der Waals surface area contributed by atoms with Gasteiger partial charge in [-0.05, 0) is 73.6 Å². The van der Waals surface area contributed by atoms with Gasteiger partial charge in [0.25, 0.3) is 0 Å². The molecule has 0 atom stereocenters. The predicted molar refractivity (Wildman–Crippen MR) is 110 cm³/mol. The normalized spacial score (nSPS) is 24.7. The molecule has 160 valence electrons. The van der Waals surface area contributed by atoms with E-state index in [1.165, 1.54) is 6.07 Å². The molecule has 1 fully saturated rings. The Labute approximate surface area is 177 Å². The first kappa shape index (κ1) is 21.2. The number of aryl methyl sites for hydroxylation is 1. The molecule has 30 heavy (non-hydrogen) atoms. The fraction of sp³-hybridized carbons (Fsp3) is 0.391. The SMILES string of the molecule is Cc1cc(F)c(-c2ccc(Cl)cc2)cc1C1=C(O)C2(CCC(C(F)(F)F)CC2)NC1. The van der Waals surface area contributed by atoms with Gasteiger partial charge in [0, 0.05) is 22.7 Å². The van der Waals surface area contributed by atoms with Gasteiger partial charge in [-0.2, -0.15) is 13.2 Å². The van der Waals surface area contributed by atoms with Crippen LogP contribution in [0.15, 0.2) is 42.2 Å². The Hall–Kier alpha value is -2.05. The third kappa shape index (κ3) is 3.71. The Balaban J connectivity index is 1.69. The molecule has 1 heterocycles. The summed E-state index contributed by atoms with van der Waals surface area (Å²) in [6, 6.07) is 9.92. The third-order valence-corrected chi connectivity index (χ3v) is 6.69. The number of benzene rings is 2. The highest BCUT2D eigenvalue weighted by Gasteiger charge is 2.49. The summed E-state index contributed by atoms with van der Waals surface area (Å²) in [6.07, 6.45) is -3.81. The molecule has 0 unspecified atom stereocenters. The van der Waals surface area contributed by atoms with E-state index in [0.717, 1.165) is 0 Å². The standard InChI is InChI=1S/C23H22ClF4NO/c1-13-10-20(25)18(14-2-4-16(24)5-3-14)11-17(13)19-12-29-22(21(19)30)8-6-15(7-9-22)23(26,27)28/h2-5,10-11,15,29-30H,6-9,12H2,1H3. The lowest BCUT2D eigenvalue weighted by atomic mass is 9.75. The summed E-state index contributed by atoms with van der Waals surface area (Å²) in [5.74, 6) is -1.63. The molecule has 2 aliphatic rings. The van der Waals surface area contributed by atoms with E-state index >= 15 is 0 Å². The number of aliphatic hydroxyl groups is 1. The van der Waals surface area contributed by atoms with Crippen molar-refractivity contribution in [2.24, 2.45) is 5.92 Å². The van der Waals surface area contributed by atoms with Gasteiger partial charge in [-0.3, -0.25) is 0 Å². The molecule has 1 aliphatic heterocycles. The van der Waals surface area contributed by atoms with Crippen LogP contribution in [0, 0.1) is 18.7 Å². The van der Waals surface area contributed by atoms with Crippen LogP contribution in [0.25, 0.3) is 16.7 Å². The van der Waals surface area contributed by atoms with Crippen molar-refractivity contribution in [3.05, 3.63) is 64.1 Å². The maximum absolute atomic E-state index is 14.7. The summed E-state index contributed by atoms with van der Waals surface area (Å²) in [7, 11) is 0. The summed E-state index contributed by atoms with van der Waals surface area (Å²) in [5.41, 5.74) is 2.18. The molecule has 0 amide bonds. The Morgan fingerprint density at radius 1 is 1.07 bits per heavy atom. The van der Waals surface area contributed by atoms with Gasteiger partial charge in [0.1, 0.15) is 11.6 Å². The number of rotatable bonds is 2. The van der Waals surface area contributed by atoms with Crippen LogP contribution in [0.2, 0.25) is 5.02 Å². The highest BCUT2D eigenvalue weighted by atomic mass is 35.5. The lowest BCUT2D eigenvalue weighted by molar-refractivity contribution is -0.184. The van der Waals surface area contributed by atoms with Crippen molar-refractivity contribution < 1.29 is 22.7 Å². The van der Waals surface area contributed by atoms with Crippen LogP contribution in [0.5, 0.6) is 0 Å². The molecule has 2 N–H and O–H groups in total. The monoisotopic (exact) mass is 439 g/mol. The number of alkyl halides is 3. The van der Waals surface area contributed by atoms with E-state index in [1.54, 1.807) is 37.3 Å². The Morgan fingerprint density at radius 2 is 1.70 bits per heavy atom. The van der Waals surface area contributed by atoms with Crippen LogP contribution < -0.4 is 5.32 Å². The zero-order chi connectivity index (χ0) is 21.7. The molecule has 0 saturated heterocycles. The van der Waals surface area contributed by atoms with Gasteiger partial charge in [-0.1, -0.05) is 23.7 Å². The molecule has 0 aromatic heterocycles. The minimum absolute atomic E-state index is 0.0216. The van der Waals surface area contributed by atoms with E-state index in [1.807, 2.05) is 0 Å². The van der Waals surface area contributed by atoms with Gasteiger partial charge in [-0.25, -0.2) is 4.39 Å². The number of hydrogen-bond donors (Lipinski definition) is 2. The summed E-state index contributed by atoms with van der Waals surface area (Å²) in [6.45, 7) is 2.09. The molecule has 0 radical (unpaired) electrons. The first-order valence-electron chi connectivity index (χ1n) is 9.91. The average Bonchev–Trinajstić information content (AvgIpc) is 2.99. The van der Waals surface area contributed by atoms with Crippen molar-refractivity contribution in [3.8, 4) is 11.1 Å². The second-order valence-electron chi connectivity index (χ2n) is 8.23. The van der Waals surface area contributed by atoms with Crippen LogP contribution >= 0.6 is 11.6 Å².